The van der Waals surface area contributed by atoms with Crippen LogP contribution in [0.2, 0.25) is 5.02 Å². The Kier molecular flexibility index (Phi) is 3.81. The third-order valence-corrected chi connectivity index (χ3v) is 5.95. The SMILES string of the molecule is Cc1cc(Br)c(NC2C3CCCOC3C2(C)C)cc1Cl. The Morgan fingerprint density at radius 3 is 2.90 bits per heavy atom. The number of rotatable bonds is 2. The van der Waals surface area contributed by atoms with Crippen molar-refractivity contribution in [2.24, 2.45) is 11.3 Å². The van der Waals surface area contributed by atoms with E-state index in [1.807, 2.05) is 13.0 Å². The Labute approximate surface area is 134 Å². The molecule has 0 amide bonds. The zero-order chi connectivity index (χ0) is 14.5. The summed E-state index contributed by atoms with van der Waals surface area (Å²) in [5, 5.41) is 4.50. The molecule has 1 saturated heterocycles. The summed E-state index contributed by atoms with van der Waals surface area (Å²) in [5.41, 5.74) is 2.35. The molecule has 2 fully saturated rings. The average molecular weight is 359 g/mol. The highest BCUT2D eigenvalue weighted by Crippen LogP contribution is 2.52. The van der Waals surface area contributed by atoms with E-state index in [1.165, 1.54) is 12.8 Å². The number of hydrogen-bond acceptors (Lipinski definition) is 2. The number of halogens is 2. The van der Waals surface area contributed by atoms with Crippen LogP contribution in [-0.2, 0) is 4.74 Å². The monoisotopic (exact) mass is 357 g/mol. The summed E-state index contributed by atoms with van der Waals surface area (Å²) < 4.78 is 7.03. The van der Waals surface area contributed by atoms with Gasteiger partial charge >= 0.3 is 0 Å². The molecule has 0 aromatic heterocycles. The number of aryl methyl sites for hydroxylation is 1. The molecular weight excluding hydrogens is 338 g/mol. The fourth-order valence-corrected chi connectivity index (χ4v) is 4.48. The van der Waals surface area contributed by atoms with E-state index in [4.69, 9.17) is 16.3 Å². The van der Waals surface area contributed by atoms with E-state index in [-0.39, 0.29) is 5.41 Å². The van der Waals surface area contributed by atoms with E-state index in [0.29, 0.717) is 18.1 Å². The van der Waals surface area contributed by atoms with Crippen LogP contribution in [0.15, 0.2) is 16.6 Å². The fraction of sp³-hybridized carbons (Fsp3) is 0.625. The molecule has 0 bridgehead atoms. The van der Waals surface area contributed by atoms with Gasteiger partial charge < -0.3 is 10.1 Å². The Bertz CT molecular complexity index is 531. The topological polar surface area (TPSA) is 21.3 Å². The minimum absolute atomic E-state index is 0.169. The summed E-state index contributed by atoms with van der Waals surface area (Å²) in [7, 11) is 0. The highest BCUT2D eigenvalue weighted by molar-refractivity contribution is 9.10. The van der Waals surface area contributed by atoms with Gasteiger partial charge in [-0.15, -0.1) is 0 Å². The number of ether oxygens (including phenoxy) is 1. The van der Waals surface area contributed by atoms with Crippen LogP contribution < -0.4 is 5.32 Å². The molecule has 1 aliphatic heterocycles. The summed E-state index contributed by atoms with van der Waals surface area (Å²) in [5.74, 6) is 0.616. The highest BCUT2D eigenvalue weighted by atomic mass is 79.9. The normalized spacial score (nSPS) is 31.4. The predicted octanol–water partition coefficient (Wildman–Crippen LogP) is 5.03. The van der Waals surface area contributed by atoms with Gasteiger partial charge in [0.15, 0.2) is 0 Å². The molecular formula is C16H21BrClNO. The van der Waals surface area contributed by atoms with E-state index < -0.39 is 0 Å². The molecule has 0 spiro atoms. The van der Waals surface area contributed by atoms with Gasteiger partial charge in [-0.05, 0) is 53.4 Å². The van der Waals surface area contributed by atoms with Crippen LogP contribution >= 0.6 is 27.5 Å². The van der Waals surface area contributed by atoms with Crippen molar-refractivity contribution in [3.8, 4) is 0 Å². The lowest BCUT2D eigenvalue weighted by atomic mass is 9.55. The summed E-state index contributed by atoms with van der Waals surface area (Å²) in [6, 6.07) is 4.54. The van der Waals surface area contributed by atoms with Gasteiger partial charge in [-0.1, -0.05) is 25.4 Å². The standard InChI is InChI=1S/C16H21BrClNO/c1-9-7-11(17)13(8-12(9)18)19-14-10-5-4-6-20-15(10)16(14,2)3/h7-8,10,14-15,19H,4-6H2,1-3H3. The maximum Gasteiger partial charge on any atom is 0.0693 e. The Morgan fingerprint density at radius 1 is 1.40 bits per heavy atom. The first kappa shape index (κ1) is 14.7. The number of hydrogen-bond donors (Lipinski definition) is 1. The van der Waals surface area contributed by atoms with Crippen molar-refractivity contribution >= 4 is 33.2 Å². The van der Waals surface area contributed by atoms with Gasteiger partial charge in [-0.25, -0.2) is 0 Å². The van der Waals surface area contributed by atoms with Crippen LogP contribution in [0.5, 0.6) is 0 Å². The Morgan fingerprint density at radius 2 is 2.15 bits per heavy atom. The van der Waals surface area contributed by atoms with Crippen molar-refractivity contribution in [1.29, 1.82) is 0 Å². The fourth-order valence-electron chi connectivity index (χ4n) is 3.74. The average Bonchev–Trinajstić information content (AvgIpc) is 2.41. The van der Waals surface area contributed by atoms with Crippen molar-refractivity contribution in [3.05, 3.63) is 27.2 Å². The van der Waals surface area contributed by atoms with E-state index in [1.54, 1.807) is 0 Å². The van der Waals surface area contributed by atoms with Gasteiger partial charge in [0.1, 0.15) is 0 Å². The molecule has 4 heteroatoms. The molecule has 1 aliphatic carbocycles. The largest absolute Gasteiger partial charge is 0.380 e. The molecule has 1 aromatic carbocycles. The maximum absolute atomic E-state index is 6.25. The zero-order valence-corrected chi connectivity index (χ0v) is 14.5. The molecule has 2 nitrogen and oxygen atoms in total. The first-order chi connectivity index (χ1) is 9.41. The third-order valence-electron chi connectivity index (χ3n) is 4.89. The van der Waals surface area contributed by atoms with Gasteiger partial charge in [0.2, 0.25) is 0 Å². The summed E-state index contributed by atoms with van der Waals surface area (Å²) in [6.07, 6.45) is 2.82. The molecule has 3 atom stereocenters. The van der Waals surface area contributed by atoms with E-state index in [2.05, 4.69) is 41.2 Å². The second-order valence-corrected chi connectivity index (χ2v) is 7.88. The Balaban J connectivity index is 1.82. The van der Waals surface area contributed by atoms with Gasteiger partial charge in [0, 0.05) is 33.5 Å². The molecule has 3 unspecified atom stereocenters. The third kappa shape index (κ3) is 2.28. The molecule has 110 valence electrons. The highest BCUT2D eigenvalue weighted by Gasteiger charge is 2.57. The van der Waals surface area contributed by atoms with Gasteiger partial charge in [0.05, 0.1) is 11.8 Å². The number of nitrogens with one attached hydrogen (secondary N) is 1. The number of benzene rings is 1. The molecule has 2 aliphatic rings. The second-order valence-electron chi connectivity index (χ2n) is 6.62. The van der Waals surface area contributed by atoms with Crippen LogP contribution in [0.1, 0.15) is 32.3 Å². The first-order valence-electron chi connectivity index (χ1n) is 7.25. The van der Waals surface area contributed by atoms with Crippen LogP contribution in [0, 0.1) is 18.3 Å². The molecule has 0 radical (unpaired) electrons. The molecule has 1 N–H and O–H groups in total. The molecule has 3 rings (SSSR count). The molecule has 1 heterocycles. The lowest BCUT2D eigenvalue weighted by Crippen LogP contribution is -2.67. The molecule has 20 heavy (non-hydrogen) atoms. The summed E-state index contributed by atoms with van der Waals surface area (Å²) >= 11 is 9.89. The van der Waals surface area contributed by atoms with E-state index in [9.17, 15) is 0 Å². The predicted molar refractivity (Wildman–Crippen MR) is 87.5 cm³/mol. The lowest BCUT2D eigenvalue weighted by Gasteiger charge is -2.60. The maximum atomic E-state index is 6.25. The zero-order valence-electron chi connectivity index (χ0n) is 12.2. The quantitative estimate of drug-likeness (QED) is 0.801. The van der Waals surface area contributed by atoms with E-state index >= 15 is 0 Å². The van der Waals surface area contributed by atoms with Crippen LogP contribution in [0.25, 0.3) is 0 Å². The van der Waals surface area contributed by atoms with Crippen molar-refractivity contribution < 1.29 is 4.74 Å². The van der Waals surface area contributed by atoms with Crippen molar-refractivity contribution in [2.75, 3.05) is 11.9 Å². The minimum Gasteiger partial charge on any atom is -0.380 e. The van der Waals surface area contributed by atoms with E-state index in [0.717, 1.165) is 27.4 Å². The van der Waals surface area contributed by atoms with Gasteiger partial charge in [-0.2, -0.15) is 0 Å². The van der Waals surface area contributed by atoms with Gasteiger partial charge in [-0.3, -0.25) is 0 Å². The summed E-state index contributed by atoms with van der Waals surface area (Å²) in [4.78, 5) is 0. The van der Waals surface area contributed by atoms with Gasteiger partial charge in [0.25, 0.3) is 0 Å². The number of anilines is 1. The first-order valence-corrected chi connectivity index (χ1v) is 8.42. The van der Waals surface area contributed by atoms with Crippen molar-refractivity contribution in [3.63, 3.8) is 0 Å². The smallest absolute Gasteiger partial charge is 0.0693 e. The molecule has 1 aromatic rings. The van der Waals surface area contributed by atoms with Crippen molar-refractivity contribution in [2.45, 2.75) is 45.8 Å². The van der Waals surface area contributed by atoms with Crippen LogP contribution in [-0.4, -0.2) is 18.8 Å². The van der Waals surface area contributed by atoms with Crippen molar-refractivity contribution in [1.82, 2.24) is 0 Å². The Hall–Kier alpha value is -0.250. The molecule has 1 saturated carbocycles. The van der Waals surface area contributed by atoms with Crippen LogP contribution in [0.4, 0.5) is 5.69 Å². The number of fused-ring (bicyclic) bond motifs is 1. The minimum atomic E-state index is 0.169. The second kappa shape index (κ2) is 5.19. The van der Waals surface area contributed by atoms with Crippen LogP contribution in [0.3, 0.4) is 0 Å². The summed E-state index contributed by atoms with van der Waals surface area (Å²) in [6.45, 7) is 7.52. The lowest BCUT2D eigenvalue weighted by molar-refractivity contribution is -0.177.